The van der Waals surface area contributed by atoms with Gasteiger partial charge >= 0.3 is 6.18 Å². The summed E-state index contributed by atoms with van der Waals surface area (Å²) < 4.78 is 38.7. The van der Waals surface area contributed by atoms with E-state index in [0.29, 0.717) is 29.7 Å². The Morgan fingerprint density at radius 2 is 1.55 bits per heavy atom. The smallest absolute Gasteiger partial charge is 0.325 e. The number of anilines is 1. The molecule has 1 fully saturated rings. The third-order valence-electron chi connectivity index (χ3n) is 5.59. The molecule has 1 aliphatic heterocycles. The largest absolute Gasteiger partial charge is 0.416 e. The second-order valence-corrected chi connectivity index (χ2v) is 7.62. The predicted octanol–water partition coefficient (Wildman–Crippen LogP) is 4.26. The maximum absolute atomic E-state index is 12.9. The Labute approximate surface area is 176 Å². The maximum Gasteiger partial charge on any atom is 0.416 e. The minimum atomic E-state index is -4.43. The van der Waals surface area contributed by atoms with Crippen LogP contribution < -0.4 is 5.32 Å². The van der Waals surface area contributed by atoms with Crippen molar-refractivity contribution in [3.63, 3.8) is 0 Å². The van der Waals surface area contributed by atoms with Crippen molar-refractivity contribution in [3.8, 4) is 11.1 Å². The van der Waals surface area contributed by atoms with Gasteiger partial charge in [0.05, 0.1) is 17.4 Å². The number of alkyl halides is 3. The average molecular weight is 428 g/mol. The summed E-state index contributed by atoms with van der Waals surface area (Å²) in [7, 11) is 0. The Hall–Kier alpha value is -3.42. The highest BCUT2D eigenvalue weighted by Gasteiger charge is 2.47. The Morgan fingerprint density at radius 3 is 2.13 bits per heavy atom. The molecule has 0 spiro atoms. The number of imide groups is 1. The van der Waals surface area contributed by atoms with Crippen molar-refractivity contribution in [2.24, 2.45) is 11.8 Å². The Bertz CT molecular complexity index is 1030. The quantitative estimate of drug-likeness (QED) is 0.585. The number of benzene rings is 2. The van der Waals surface area contributed by atoms with Crippen molar-refractivity contribution in [2.45, 2.75) is 19.0 Å². The molecule has 0 radical (unpaired) electrons. The van der Waals surface area contributed by atoms with Gasteiger partial charge in [-0.25, -0.2) is 0 Å². The SMILES string of the molecule is O=C(CN1C(=O)[C@H]2CC=CC[C@@H]2C1=O)Nc1ccc(-c2cccc(C(F)(F)F)c2)cc1. The second-order valence-electron chi connectivity index (χ2n) is 7.62. The average Bonchev–Trinajstić information content (AvgIpc) is 2.99. The fourth-order valence-corrected chi connectivity index (χ4v) is 3.99. The van der Waals surface area contributed by atoms with Gasteiger partial charge in [0.2, 0.25) is 17.7 Å². The number of nitrogens with one attached hydrogen (secondary N) is 1. The first kappa shape index (κ1) is 20.8. The molecule has 2 aromatic carbocycles. The van der Waals surface area contributed by atoms with Crippen molar-refractivity contribution in [3.05, 3.63) is 66.2 Å². The first-order chi connectivity index (χ1) is 14.7. The van der Waals surface area contributed by atoms with E-state index in [1.165, 1.54) is 6.07 Å². The van der Waals surface area contributed by atoms with Gasteiger partial charge in [0.15, 0.2) is 0 Å². The summed E-state index contributed by atoms with van der Waals surface area (Å²) >= 11 is 0. The lowest BCUT2D eigenvalue weighted by atomic mass is 9.85. The summed E-state index contributed by atoms with van der Waals surface area (Å²) in [6.07, 6.45) is 0.334. The van der Waals surface area contributed by atoms with Crippen LogP contribution in [0.3, 0.4) is 0 Å². The van der Waals surface area contributed by atoms with Crippen LogP contribution in [0, 0.1) is 11.8 Å². The molecule has 0 saturated carbocycles. The fourth-order valence-electron chi connectivity index (χ4n) is 3.99. The Kier molecular flexibility index (Phi) is 5.39. The maximum atomic E-state index is 12.9. The number of carbonyl (C=O) groups excluding carboxylic acids is 3. The summed E-state index contributed by atoms with van der Waals surface area (Å²) in [6, 6.07) is 11.3. The van der Waals surface area contributed by atoms with Crippen molar-refractivity contribution in [1.82, 2.24) is 4.90 Å². The van der Waals surface area contributed by atoms with E-state index in [2.05, 4.69) is 5.32 Å². The highest BCUT2D eigenvalue weighted by molar-refractivity contribution is 6.08. The summed E-state index contributed by atoms with van der Waals surface area (Å²) in [5.74, 6) is -1.95. The number of allylic oxidation sites excluding steroid dienone is 2. The number of likely N-dealkylation sites (tertiary alicyclic amines) is 1. The van der Waals surface area contributed by atoms with Crippen LogP contribution in [0.1, 0.15) is 18.4 Å². The van der Waals surface area contributed by atoms with E-state index in [4.69, 9.17) is 0 Å². The number of carbonyl (C=O) groups is 3. The summed E-state index contributed by atoms with van der Waals surface area (Å²) in [6.45, 7) is -0.361. The van der Waals surface area contributed by atoms with Gasteiger partial charge in [-0.1, -0.05) is 36.4 Å². The van der Waals surface area contributed by atoms with E-state index in [-0.39, 0.29) is 18.4 Å². The van der Waals surface area contributed by atoms with Gasteiger partial charge in [0, 0.05) is 5.69 Å². The van der Waals surface area contributed by atoms with E-state index < -0.39 is 29.5 Å². The number of nitrogens with zero attached hydrogens (tertiary/aromatic N) is 1. The molecule has 0 unspecified atom stereocenters. The van der Waals surface area contributed by atoms with Crippen molar-refractivity contribution in [1.29, 1.82) is 0 Å². The number of fused-ring (bicyclic) bond motifs is 1. The van der Waals surface area contributed by atoms with Crippen LogP contribution in [0.5, 0.6) is 0 Å². The minimum Gasteiger partial charge on any atom is -0.325 e. The molecule has 0 bridgehead atoms. The Balaban J connectivity index is 1.41. The standard InChI is InChI=1S/C23H19F3N2O3/c24-23(25,26)16-5-3-4-15(12-16)14-8-10-17(11-9-14)27-20(29)13-28-21(30)18-6-1-2-7-19(18)22(28)31/h1-5,8-12,18-19H,6-7,13H2,(H,27,29)/t18-,19-/m0/s1. The van der Waals surface area contributed by atoms with Crippen LogP contribution in [0.15, 0.2) is 60.7 Å². The number of hydrogen-bond acceptors (Lipinski definition) is 3. The van der Waals surface area contributed by atoms with E-state index in [1.54, 1.807) is 30.3 Å². The number of halogens is 3. The van der Waals surface area contributed by atoms with Gasteiger partial charge in [-0.05, 0) is 48.2 Å². The van der Waals surface area contributed by atoms with Crippen LogP contribution in [-0.4, -0.2) is 29.2 Å². The molecule has 1 N–H and O–H groups in total. The monoisotopic (exact) mass is 428 g/mol. The number of hydrogen-bond donors (Lipinski definition) is 1. The van der Waals surface area contributed by atoms with E-state index in [9.17, 15) is 27.6 Å². The van der Waals surface area contributed by atoms with Gasteiger partial charge < -0.3 is 5.32 Å². The molecule has 2 atom stereocenters. The van der Waals surface area contributed by atoms with E-state index >= 15 is 0 Å². The van der Waals surface area contributed by atoms with Crippen molar-refractivity contribution < 1.29 is 27.6 Å². The highest BCUT2D eigenvalue weighted by Crippen LogP contribution is 2.35. The molecule has 31 heavy (non-hydrogen) atoms. The molecule has 3 amide bonds. The van der Waals surface area contributed by atoms with Crippen LogP contribution in [0.25, 0.3) is 11.1 Å². The minimum absolute atomic E-state index is 0.325. The van der Waals surface area contributed by atoms with Crippen LogP contribution in [0.4, 0.5) is 18.9 Å². The molecule has 1 saturated heterocycles. The van der Waals surface area contributed by atoms with Gasteiger partial charge in [-0.3, -0.25) is 19.3 Å². The Morgan fingerprint density at radius 1 is 0.935 bits per heavy atom. The van der Waals surface area contributed by atoms with Crippen LogP contribution >= 0.6 is 0 Å². The molecular weight excluding hydrogens is 409 g/mol. The first-order valence-corrected chi connectivity index (χ1v) is 9.82. The molecule has 0 aromatic heterocycles. The third kappa shape index (κ3) is 4.23. The molecule has 4 rings (SSSR count). The normalized spacial score (nSPS) is 20.7. The van der Waals surface area contributed by atoms with Crippen molar-refractivity contribution in [2.75, 3.05) is 11.9 Å². The van der Waals surface area contributed by atoms with E-state index in [0.717, 1.165) is 17.0 Å². The molecule has 160 valence electrons. The van der Waals surface area contributed by atoms with Crippen LogP contribution in [0.2, 0.25) is 0 Å². The highest BCUT2D eigenvalue weighted by atomic mass is 19.4. The second kappa shape index (κ2) is 8.02. The number of amides is 3. The fraction of sp³-hybridized carbons (Fsp3) is 0.261. The predicted molar refractivity (Wildman–Crippen MR) is 108 cm³/mol. The molecule has 8 heteroatoms. The third-order valence-corrected chi connectivity index (χ3v) is 5.59. The zero-order valence-corrected chi connectivity index (χ0v) is 16.4. The molecule has 5 nitrogen and oxygen atoms in total. The number of rotatable bonds is 4. The van der Waals surface area contributed by atoms with E-state index in [1.807, 2.05) is 12.2 Å². The van der Waals surface area contributed by atoms with Crippen molar-refractivity contribution >= 4 is 23.4 Å². The molecule has 1 heterocycles. The zero-order valence-electron chi connectivity index (χ0n) is 16.4. The molecule has 2 aromatic rings. The molecule has 1 aliphatic carbocycles. The first-order valence-electron chi connectivity index (χ1n) is 9.82. The lowest BCUT2D eigenvalue weighted by Gasteiger charge is -2.14. The summed E-state index contributed by atoms with van der Waals surface area (Å²) in [5.41, 5.74) is 0.639. The molecular formula is C23H19F3N2O3. The van der Waals surface area contributed by atoms with Crippen LogP contribution in [-0.2, 0) is 20.6 Å². The van der Waals surface area contributed by atoms with Gasteiger partial charge in [0.1, 0.15) is 6.54 Å². The lowest BCUT2D eigenvalue weighted by Crippen LogP contribution is -2.38. The zero-order chi connectivity index (χ0) is 22.2. The summed E-state index contributed by atoms with van der Waals surface area (Å²) in [5, 5.41) is 2.62. The molecule has 2 aliphatic rings. The lowest BCUT2D eigenvalue weighted by molar-refractivity contribution is -0.142. The van der Waals surface area contributed by atoms with Gasteiger partial charge in [-0.2, -0.15) is 13.2 Å². The van der Waals surface area contributed by atoms with Gasteiger partial charge in [0.25, 0.3) is 0 Å². The summed E-state index contributed by atoms with van der Waals surface area (Å²) in [4.78, 5) is 38.3. The van der Waals surface area contributed by atoms with Gasteiger partial charge in [-0.15, -0.1) is 0 Å². The topological polar surface area (TPSA) is 66.5 Å².